The topological polar surface area (TPSA) is 46.6 Å². The standard InChI is InChI=1S/C8H13NO3/c1-6(2)3-9-4-8(11)12-5-7(9)10/h6H,3-5H2,1-2H3. The van der Waals surface area contributed by atoms with Crippen molar-refractivity contribution < 1.29 is 14.3 Å². The number of cyclic esters (lactones) is 1. The summed E-state index contributed by atoms with van der Waals surface area (Å²) < 4.78 is 4.57. The smallest absolute Gasteiger partial charge is 0.326 e. The van der Waals surface area contributed by atoms with Gasteiger partial charge in [-0.05, 0) is 5.92 Å². The van der Waals surface area contributed by atoms with E-state index in [4.69, 9.17) is 0 Å². The number of amides is 1. The van der Waals surface area contributed by atoms with E-state index in [9.17, 15) is 9.59 Å². The first-order chi connectivity index (χ1) is 5.59. The number of carbonyl (C=O) groups is 2. The van der Waals surface area contributed by atoms with Gasteiger partial charge in [0.15, 0.2) is 6.61 Å². The molecule has 0 N–H and O–H groups in total. The summed E-state index contributed by atoms with van der Waals surface area (Å²) in [7, 11) is 0. The average Bonchev–Trinajstić information content (AvgIpc) is 1.96. The number of nitrogens with zero attached hydrogens (tertiary/aromatic N) is 1. The third-order valence-corrected chi connectivity index (χ3v) is 1.61. The van der Waals surface area contributed by atoms with Crippen LogP contribution in [-0.2, 0) is 14.3 Å². The summed E-state index contributed by atoms with van der Waals surface area (Å²) in [5.74, 6) is -0.0154. The zero-order chi connectivity index (χ0) is 9.14. The molecule has 1 aliphatic rings. The van der Waals surface area contributed by atoms with Gasteiger partial charge in [-0.25, -0.2) is 0 Å². The molecule has 1 amide bonds. The molecule has 4 heteroatoms. The Morgan fingerprint density at radius 2 is 2.17 bits per heavy atom. The van der Waals surface area contributed by atoms with E-state index >= 15 is 0 Å². The summed E-state index contributed by atoms with van der Waals surface area (Å²) >= 11 is 0. The van der Waals surface area contributed by atoms with Crippen molar-refractivity contribution in [2.75, 3.05) is 19.7 Å². The Morgan fingerprint density at radius 1 is 1.50 bits per heavy atom. The van der Waals surface area contributed by atoms with Crippen LogP contribution in [0.5, 0.6) is 0 Å². The van der Waals surface area contributed by atoms with Crippen LogP contribution in [0.4, 0.5) is 0 Å². The summed E-state index contributed by atoms with van der Waals surface area (Å²) in [6.07, 6.45) is 0. The maximum Gasteiger partial charge on any atom is 0.326 e. The SMILES string of the molecule is CC(C)CN1CC(=O)OCC1=O. The molecule has 0 spiro atoms. The summed E-state index contributed by atoms with van der Waals surface area (Å²) in [4.78, 5) is 23.4. The molecule has 0 aromatic carbocycles. The Kier molecular flexibility index (Phi) is 2.68. The molecule has 0 aromatic rings. The monoisotopic (exact) mass is 171 g/mol. The number of ether oxygens (including phenoxy) is 1. The van der Waals surface area contributed by atoms with Crippen LogP contribution >= 0.6 is 0 Å². The van der Waals surface area contributed by atoms with Gasteiger partial charge in [0.25, 0.3) is 5.91 Å². The average molecular weight is 171 g/mol. The number of carbonyl (C=O) groups excluding carboxylic acids is 2. The first-order valence-electron chi connectivity index (χ1n) is 4.03. The van der Waals surface area contributed by atoms with E-state index in [1.807, 2.05) is 13.8 Å². The quantitative estimate of drug-likeness (QED) is 0.550. The van der Waals surface area contributed by atoms with E-state index < -0.39 is 0 Å². The maximum atomic E-state index is 11.1. The zero-order valence-corrected chi connectivity index (χ0v) is 7.37. The molecule has 0 bridgehead atoms. The number of hydrogen-bond donors (Lipinski definition) is 0. The van der Waals surface area contributed by atoms with Gasteiger partial charge in [-0.1, -0.05) is 13.8 Å². The van der Waals surface area contributed by atoms with E-state index in [0.717, 1.165) is 0 Å². The lowest BCUT2D eigenvalue weighted by molar-refractivity contribution is -0.162. The fourth-order valence-electron chi connectivity index (χ4n) is 1.13. The van der Waals surface area contributed by atoms with Crippen molar-refractivity contribution in [3.05, 3.63) is 0 Å². The molecule has 1 heterocycles. The molecule has 0 aliphatic carbocycles. The number of esters is 1. The van der Waals surface area contributed by atoms with Gasteiger partial charge in [-0.15, -0.1) is 0 Å². The fraction of sp³-hybridized carbons (Fsp3) is 0.750. The minimum Gasteiger partial charge on any atom is -0.454 e. The molecule has 1 fully saturated rings. The molecule has 0 unspecified atom stereocenters. The Labute approximate surface area is 71.5 Å². The molecular formula is C8H13NO3. The van der Waals surface area contributed by atoms with Crippen molar-refractivity contribution >= 4 is 11.9 Å². The second kappa shape index (κ2) is 3.56. The van der Waals surface area contributed by atoms with Crippen LogP contribution in [0.3, 0.4) is 0 Å². The van der Waals surface area contributed by atoms with Crippen LogP contribution in [0.15, 0.2) is 0 Å². The predicted molar refractivity (Wildman–Crippen MR) is 42.4 cm³/mol. The first kappa shape index (κ1) is 9.03. The van der Waals surface area contributed by atoms with Gasteiger partial charge in [0.2, 0.25) is 0 Å². The van der Waals surface area contributed by atoms with Crippen LogP contribution in [0, 0.1) is 5.92 Å². The van der Waals surface area contributed by atoms with Crippen molar-refractivity contribution in [3.63, 3.8) is 0 Å². The van der Waals surface area contributed by atoms with Crippen molar-refractivity contribution in [1.82, 2.24) is 4.90 Å². The van der Waals surface area contributed by atoms with E-state index in [-0.39, 0.29) is 25.0 Å². The molecule has 1 rings (SSSR count). The Hall–Kier alpha value is -1.06. The fourth-order valence-corrected chi connectivity index (χ4v) is 1.13. The highest BCUT2D eigenvalue weighted by Crippen LogP contribution is 2.04. The van der Waals surface area contributed by atoms with Crippen LogP contribution in [0.25, 0.3) is 0 Å². The molecule has 0 saturated carbocycles. The van der Waals surface area contributed by atoms with Gasteiger partial charge in [0, 0.05) is 6.54 Å². The zero-order valence-electron chi connectivity index (χ0n) is 7.37. The second-order valence-electron chi connectivity index (χ2n) is 3.33. The Morgan fingerprint density at radius 3 is 2.75 bits per heavy atom. The van der Waals surface area contributed by atoms with Crippen molar-refractivity contribution in [2.24, 2.45) is 5.92 Å². The number of rotatable bonds is 2. The van der Waals surface area contributed by atoms with Gasteiger partial charge in [0.1, 0.15) is 6.54 Å². The first-order valence-corrected chi connectivity index (χ1v) is 4.03. The number of hydrogen-bond acceptors (Lipinski definition) is 3. The molecule has 1 saturated heterocycles. The van der Waals surface area contributed by atoms with Crippen molar-refractivity contribution in [1.29, 1.82) is 0 Å². The predicted octanol–water partition coefficient (Wildman–Crippen LogP) is 0.0278. The normalized spacial score (nSPS) is 18.4. The Balaban J connectivity index is 2.49. The minimum atomic E-state index is -0.310. The third-order valence-electron chi connectivity index (χ3n) is 1.61. The van der Waals surface area contributed by atoms with Crippen LogP contribution in [0.1, 0.15) is 13.8 Å². The summed E-state index contributed by atoms with van der Waals surface area (Å²) in [5.41, 5.74) is 0. The van der Waals surface area contributed by atoms with Gasteiger partial charge in [-0.2, -0.15) is 0 Å². The van der Waals surface area contributed by atoms with Crippen LogP contribution < -0.4 is 0 Å². The molecule has 1 aliphatic heterocycles. The largest absolute Gasteiger partial charge is 0.454 e. The number of morpholine rings is 1. The summed E-state index contributed by atoms with van der Waals surface area (Å²) in [5, 5.41) is 0. The molecule has 12 heavy (non-hydrogen) atoms. The van der Waals surface area contributed by atoms with E-state index in [1.54, 1.807) is 0 Å². The van der Waals surface area contributed by atoms with Gasteiger partial charge in [-0.3, -0.25) is 9.59 Å². The third kappa shape index (κ3) is 2.22. The van der Waals surface area contributed by atoms with Crippen LogP contribution in [0.2, 0.25) is 0 Å². The lowest BCUT2D eigenvalue weighted by atomic mass is 10.2. The van der Waals surface area contributed by atoms with Gasteiger partial charge < -0.3 is 9.64 Å². The van der Waals surface area contributed by atoms with Crippen molar-refractivity contribution in [2.45, 2.75) is 13.8 Å². The maximum absolute atomic E-state index is 11.1. The highest BCUT2D eigenvalue weighted by atomic mass is 16.5. The lowest BCUT2D eigenvalue weighted by Crippen LogP contribution is -2.45. The van der Waals surface area contributed by atoms with E-state index in [1.165, 1.54) is 4.90 Å². The molecular weight excluding hydrogens is 158 g/mol. The van der Waals surface area contributed by atoms with Crippen LogP contribution in [-0.4, -0.2) is 36.5 Å². The minimum absolute atomic E-state index is 0.0917. The highest BCUT2D eigenvalue weighted by Gasteiger charge is 2.24. The van der Waals surface area contributed by atoms with Crippen molar-refractivity contribution in [3.8, 4) is 0 Å². The molecule has 4 nitrogen and oxygen atoms in total. The molecule has 0 aromatic heterocycles. The molecule has 68 valence electrons. The molecule has 0 atom stereocenters. The lowest BCUT2D eigenvalue weighted by Gasteiger charge is -2.27. The van der Waals surface area contributed by atoms with E-state index in [2.05, 4.69) is 4.74 Å². The Bertz CT molecular complexity index is 200. The summed E-state index contributed by atoms with van der Waals surface area (Å²) in [6.45, 7) is 4.66. The van der Waals surface area contributed by atoms with Gasteiger partial charge in [0.05, 0.1) is 0 Å². The van der Waals surface area contributed by atoms with Gasteiger partial charge >= 0.3 is 5.97 Å². The summed E-state index contributed by atoms with van der Waals surface area (Å²) in [6, 6.07) is 0. The van der Waals surface area contributed by atoms with E-state index in [0.29, 0.717) is 12.5 Å². The molecule has 0 radical (unpaired) electrons. The second-order valence-corrected chi connectivity index (χ2v) is 3.33. The highest BCUT2D eigenvalue weighted by molar-refractivity contribution is 5.88.